The quantitative estimate of drug-likeness (QED) is 0.461. The summed E-state index contributed by atoms with van der Waals surface area (Å²) in [6, 6.07) is 14.2. The molecule has 0 aliphatic carbocycles. The summed E-state index contributed by atoms with van der Waals surface area (Å²) in [6.07, 6.45) is 2.52. The Hall–Kier alpha value is -2.60. The first-order valence-corrected chi connectivity index (χ1v) is 11.5. The van der Waals surface area contributed by atoms with Crippen LogP contribution in [0.4, 0.5) is 11.4 Å². The largest absolute Gasteiger partial charge is 0.462 e. The molecule has 0 unspecified atom stereocenters. The second kappa shape index (κ2) is 10.6. The van der Waals surface area contributed by atoms with E-state index in [1.807, 2.05) is 13.0 Å². The lowest BCUT2D eigenvalue weighted by Gasteiger charge is -2.32. The average Bonchev–Trinajstić information content (AvgIpc) is 2.76. The highest BCUT2D eigenvalue weighted by Crippen LogP contribution is 2.25. The number of piperidine rings is 1. The Labute approximate surface area is 191 Å². The number of thiocarbonyl (C=S) groups is 1. The number of esters is 1. The van der Waals surface area contributed by atoms with E-state index >= 15 is 0 Å². The number of hydrogen-bond acceptors (Lipinski definition) is 4. The fourth-order valence-electron chi connectivity index (χ4n) is 3.78. The molecular weight excluding hydrogens is 406 g/mol. The van der Waals surface area contributed by atoms with Crippen molar-refractivity contribution in [3.8, 4) is 0 Å². The SMILES string of the molecule is CCOC(=O)c1ccc(C)c(NC(=S)N[C@H](C)c2ccc(N3CCC(C)CC3)cc2)c1. The highest BCUT2D eigenvalue weighted by Gasteiger charge is 2.16. The summed E-state index contributed by atoms with van der Waals surface area (Å²) in [4.78, 5) is 14.5. The fraction of sp³-hybridized carbons (Fsp3) is 0.440. The lowest BCUT2D eigenvalue weighted by molar-refractivity contribution is 0.0526. The van der Waals surface area contributed by atoms with Crippen LogP contribution in [0.25, 0.3) is 0 Å². The molecule has 1 aliphatic heterocycles. The van der Waals surface area contributed by atoms with Gasteiger partial charge in [0.05, 0.1) is 18.2 Å². The topological polar surface area (TPSA) is 53.6 Å². The van der Waals surface area contributed by atoms with Gasteiger partial charge in [0.15, 0.2) is 5.11 Å². The van der Waals surface area contributed by atoms with Crippen molar-refractivity contribution in [1.29, 1.82) is 0 Å². The van der Waals surface area contributed by atoms with Crippen LogP contribution in [0, 0.1) is 12.8 Å². The number of nitrogens with zero attached hydrogens (tertiary/aromatic N) is 1. The molecule has 0 spiro atoms. The Morgan fingerprint density at radius 3 is 2.52 bits per heavy atom. The van der Waals surface area contributed by atoms with Crippen molar-refractivity contribution in [3.05, 3.63) is 59.2 Å². The zero-order chi connectivity index (χ0) is 22.4. The number of benzene rings is 2. The summed E-state index contributed by atoms with van der Waals surface area (Å²) in [5, 5.41) is 7.08. The highest BCUT2D eigenvalue weighted by atomic mass is 32.1. The van der Waals surface area contributed by atoms with Crippen molar-refractivity contribution < 1.29 is 9.53 Å². The molecule has 166 valence electrons. The van der Waals surface area contributed by atoms with Crippen molar-refractivity contribution in [2.75, 3.05) is 29.9 Å². The number of rotatable bonds is 6. The molecule has 2 aromatic rings. The van der Waals surface area contributed by atoms with Crippen molar-refractivity contribution in [3.63, 3.8) is 0 Å². The second-order valence-electron chi connectivity index (χ2n) is 8.33. The number of anilines is 2. The maximum absolute atomic E-state index is 12.0. The van der Waals surface area contributed by atoms with Crippen LogP contribution in [0.3, 0.4) is 0 Å². The molecule has 0 radical (unpaired) electrons. The minimum absolute atomic E-state index is 0.0592. The number of hydrogen-bond donors (Lipinski definition) is 2. The molecule has 1 aliphatic rings. The Bertz CT molecular complexity index is 905. The van der Waals surface area contributed by atoms with Gasteiger partial charge in [-0.15, -0.1) is 0 Å². The molecule has 1 heterocycles. The smallest absolute Gasteiger partial charge is 0.338 e. The van der Waals surface area contributed by atoms with Gasteiger partial charge in [0.1, 0.15) is 0 Å². The van der Waals surface area contributed by atoms with Gasteiger partial charge in [0, 0.05) is 24.5 Å². The van der Waals surface area contributed by atoms with Crippen LogP contribution in [0.15, 0.2) is 42.5 Å². The molecule has 6 heteroatoms. The molecule has 2 aromatic carbocycles. The lowest BCUT2D eigenvalue weighted by atomic mass is 9.98. The van der Waals surface area contributed by atoms with Crippen LogP contribution in [0.5, 0.6) is 0 Å². The van der Waals surface area contributed by atoms with Gasteiger partial charge in [-0.3, -0.25) is 0 Å². The standard InChI is InChI=1S/C25H33N3O2S/c1-5-30-24(29)21-7-6-18(3)23(16-21)27-25(31)26-19(4)20-8-10-22(11-9-20)28-14-12-17(2)13-15-28/h6-11,16-17,19H,5,12-15H2,1-4H3,(H2,26,27,31)/t19-/m1/s1. The molecule has 1 saturated heterocycles. The third-order valence-electron chi connectivity index (χ3n) is 5.89. The van der Waals surface area contributed by atoms with Crippen LogP contribution in [-0.4, -0.2) is 30.8 Å². The minimum Gasteiger partial charge on any atom is -0.462 e. The van der Waals surface area contributed by atoms with E-state index < -0.39 is 0 Å². The number of nitrogens with one attached hydrogen (secondary N) is 2. The van der Waals surface area contributed by atoms with Gasteiger partial charge < -0.3 is 20.3 Å². The molecule has 1 atom stereocenters. The Morgan fingerprint density at radius 2 is 1.87 bits per heavy atom. The molecule has 5 nitrogen and oxygen atoms in total. The summed E-state index contributed by atoms with van der Waals surface area (Å²) in [6.45, 7) is 10.8. The zero-order valence-corrected chi connectivity index (χ0v) is 19.7. The Balaban J connectivity index is 1.59. The number of carbonyl (C=O) groups excluding carboxylic acids is 1. The molecule has 0 saturated carbocycles. The number of ether oxygens (including phenoxy) is 1. The molecule has 2 N–H and O–H groups in total. The normalized spacial score (nSPS) is 15.3. The highest BCUT2D eigenvalue weighted by molar-refractivity contribution is 7.80. The van der Waals surface area contributed by atoms with E-state index in [1.54, 1.807) is 19.1 Å². The summed E-state index contributed by atoms with van der Waals surface area (Å²) in [5.41, 5.74) is 4.77. The molecule has 0 aromatic heterocycles. The van der Waals surface area contributed by atoms with Gasteiger partial charge in [-0.2, -0.15) is 0 Å². The molecule has 0 bridgehead atoms. The van der Waals surface area contributed by atoms with Crippen molar-refractivity contribution in [2.24, 2.45) is 5.92 Å². The summed E-state index contributed by atoms with van der Waals surface area (Å²) < 4.78 is 5.09. The third kappa shape index (κ3) is 6.20. The molecule has 3 rings (SSSR count). The number of aryl methyl sites for hydroxylation is 1. The number of carbonyl (C=O) groups is 1. The first kappa shape index (κ1) is 23.1. The van der Waals surface area contributed by atoms with E-state index in [9.17, 15) is 4.79 Å². The summed E-state index contributed by atoms with van der Waals surface area (Å²) >= 11 is 5.52. The van der Waals surface area contributed by atoms with E-state index in [-0.39, 0.29) is 12.0 Å². The monoisotopic (exact) mass is 439 g/mol. The second-order valence-corrected chi connectivity index (χ2v) is 8.74. The van der Waals surface area contributed by atoms with Gasteiger partial charge in [-0.05, 0) is 87.1 Å². The first-order valence-electron chi connectivity index (χ1n) is 11.1. The van der Waals surface area contributed by atoms with Crippen molar-refractivity contribution >= 4 is 34.7 Å². The maximum Gasteiger partial charge on any atom is 0.338 e. The van der Waals surface area contributed by atoms with Gasteiger partial charge >= 0.3 is 5.97 Å². The Kier molecular flexibility index (Phi) is 7.91. The maximum atomic E-state index is 12.0. The van der Waals surface area contributed by atoms with Gasteiger partial charge in [0.2, 0.25) is 0 Å². The van der Waals surface area contributed by atoms with Crippen LogP contribution >= 0.6 is 12.2 Å². The average molecular weight is 440 g/mol. The van der Waals surface area contributed by atoms with Crippen molar-refractivity contribution in [2.45, 2.75) is 46.6 Å². The molecular formula is C25H33N3O2S. The first-order chi connectivity index (χ1) is 14.9. The van der Waals surface area contributed by atoms with E-state index in [2.05, 4.69) is 53.6 Å². The summed E-state index contributed by atoms with van der Waals surface area (Å²) in [5.74, 6) is 0.496. The third-order valence-corrected chi connectivity index (χ3v) is 6.11. The van der Waals surface area contributed by atoms with Crippen LogP contribution in [0.1, 0.15) is 61.1 Å². The zero-order valence-electron chi connectivity index (χ0n) is 18.9. The van der Waals surface area contributed by atoms with E-state index in [4.69, 9.17) is 17.0 Å². The van der Waals surface area contributed by atoms with Gasteiger partial charge in [0.25, 0.3) is 0 Å². The predicted octanol–water partition coefficient (Wildman–Crippen LogP) is 5.46. The summed E-state index contributed by atoms with van der Waals surface area (Å²) in [7, 11) is 0. The van der Waals surface area contributed by atoms with Crippen LogP contribution in [0.2, 0.25) is 0 Å². The van der Waals surface area contributed by atoms with Crippen LogP contribution < -0.4 is 15.5 Å². The fourth-order valence-corrected chi connectivity index (χ4v) is 4.06. The molecule has 31 heavy (non-hydrogen) atoms. The van der Waals surface area contributed by atoms with Gasteiger partial charge in [-0.1, -0.05) is 25.1 Å². The van der Waals surface area contributed by atoms with E-state index in [0.717, 1.165) is 30.3 Å². The molecule has 0 amide bonds. The lowest BCUT2D eigenvalue weighted by Crippen LogP contribution is -2.33. The van der Waals surface area contributed by atoms with Crippen molar-refractivity contribution in [1.82, 2.24) is 5.32 Å². The minimum atomic E-state index is -0.332. The Morgan fingerprint density at radius 1 is 1.19 bits per heavy atom. The van der Waals surface area contributed by atoms with Crippen LogP contribution in [-0.2, 0) is 4.74 Å². The van der Waals surface area contributed by atoms with E-state index in [0.29, 0.717) is 17.3 Å². The predicted molar refractivity (Wildman–Crippen MR) is 132 cm³/mol. The van der Waals surface area contributed by atoms with Gasteiger partial charge in [-0.25, -0.2) is 4.79 Å². The van der Waals surface area contributed by atoms with E-state index in [1.165, 1.54) is 24.1 Å². The molecule has 1 fully saturated rings.